The molecule has 1 atom stereocenters. The first kappa shape index (κ1) is 29.2. The Morgan fingerprint density at radius 2 is 1.72 bits per heavy atom. The number of halogens is 3. The summed E-state index contributed by atoms with van der Waals surface area (Å²) in [5.74, 6) is -1.09. The van der Waals surface area contributed by atoms with Gasteiger partial charge in [0, 0.05) is 13.1 Å². The number of anilines is 1. The van der Waals surface area contributed by atoms with Gasteiger partial charge in [-0.25, -0.2) is 8.42 Å². The highest BCUT2D eigenvalue weighted by Gasteiger charge is 2.34. The van der Waals surface area contributed by atoms with Crippen LogP contribution in [0.4, 0.5) is 18.9 Å². The SMILES string of the molecule is CCCNC(=O)C(CC)N(Cc1ccccc1C)C(=O)CN(c1cccc(C(F)(F)F)c1)S(C)(=O)=O. The summed E-state index contributed by atoms with van der Waals surface area (Å²) in [5, 5.41) is 2.77. The fourth-order valence-corrected chi connectivity index (χ4v) is 4.55. The molecule has 2 amide bonds. The summed E-state index contributed by atoms with van der Waals surface area (Å²) in [7, 11) is -4.14. The van der Waals surface area contributed by atoms with Crippen LogP contribution in [0.15, 0.2) is 48.5 Å². The number of hydrogen-bond donors (Lipinski definition) is 1. The van der Waals surface area contributed by atoms with Crippen LogP contribution in [-0.2, 0) is 32.3 Å². The summed E-state index contributed by atoms with van der Waals surface area (Å²) in [6, 6.07) is 10.1. The number of carbonyl (C=O) groups is 2. The fraction of sp³-hybridized carbons (Fsp3) is 0.440. The summed E-state index contributed by atoms with van der Waals surface area (Å²) in [5.41, 5.74) is 0.303. The van der Waals surface area contributed by atoms with E-state index in [1.165, 1.54) is 11.0 Å². The largest absolute Gasteiger partial charge is 0.416 e. The van der Waals surface area contributed by atoms with Crippen molar-refractivity contribution in [3.63, 3.8) is 0 Å². The van der Waals surface area contributed by atoms with E-state index in [4.69, 9.17) is 0 Å². The molecule has 1 unspecified atom stereocenters. The van der Waals surface area contributed by atoms with Gasteiger partial charge in [-0.2, -0.15) is 13.2 Å². The summed E-state index contributed by atoms with van der Waals surface area (Å²) >= 11 is 0. The van der Waals surface area contributed by atoms with Crippen molar-refractivity contribution in [3.8, 4) is 0 Å². The number of rotatable bonds is 11. The fourth-order valence-electron chi connectivity index (χ4n) is 3.71. The highest BCUT2D eigenvalue weighted by atomic mass is 32.2. The quantitative estimate of drug-likeness (QED) is 0.477. The van der Waals surface area contributed by atoms with E-state index < -0.39 is 40.3 Å². The van der Waals surface area contributed by atoms with Gasteiger partial charge in [0.2, 0.25) is 21.8 Å². The van der Waals surface area contributed by atoms with Crippen LogP contribution in [-0.4, -0.2) is 50.5 Å². The van der Waals surface area contributed by atoms with Crippen molar-refractivity contribution in [2.24, 2.45) is 0 Å². The lowest BCUT2D eigenvalue weighted by Crippen LogP contribution is -2.52. The molecule has 0 fully saturated rings. The summed E-state index contributed by atoms with van der Waals surface area (Å²) in [6.45, 7) is 5.14. The average molecular weight is 528 g/mol. The third-order valence-corrected chi connectivity index (χ3v) is 6.82. The van der Waals surface area contributed by atoms with E-state index in [0.717, 1.165) is 29.5 Å². The zero-order valence-electron chi connectivity index (χ0n) is 20.8. The molecule has 0 bridgehead atoms. The van der Waals surface area contributed by atoms with Crippen molar-refractivity contribution in [3.05, 3.63) is 65.2 Å². The molecule has 0 aromatic heterocycles. The molecule has 2 aromatic carbocycles. The third-order valence-electron chi connectivity index (χ3n) is 5.68. The van der Waals surface area contributed by atoms with E-state index in [-0.39, 0.29) is 24.6 Å². The van der Waals surface area contributed by atoms with E-state index in [1.54, 1.807) is 19.1 Å². The third kappa shape index (κ3) is 7.71. The van der Waals surface area contributed by atoms with E-state index in [1.807, 2.05) is 26.0 Å². The Bertz CT molecular complexity index is 1170. The molecule has 0 aliphatic carbocycles. The number of nitrogens with one attached hydrogen (secondary N) is 1. The molecule has 36 heavy (non-hydrogen) atoms. The Morgan fingerprint density at radius 1 is 1.06 bits per heavy atom. The van der Waals surface area contributed by atoms with Gasteiger partial charge in [0.15, 0.2) is 0 Å². The predicted molar refractivity (Wildman–Crippen MR) is 133 cm³/mol. The van der Waals surface area contributed by atoms with E-state index in [9.17, 15) is 31.2 Å². The summed E-state index contributed by atoms with van der Waals surface area (Å²) in [6.07, 6.45) is -2.93. The van der Waals surface area contributed by atoms with Gasteiger partial charge in [0.1, 0.15) is 12.6 Å². The molecule has 1 N–H and O–H groups in total. The first-order valence-electron chi connectivity index (χ1n) is 11.6. The van der Waals surface area contributed by atoms with Gasteiger partial charge in [-0.15, -0.1) is 0 Å². The molecule has 2 rings (SSSR count). The van der Waals surface area contributed by atoms with Gasteiger partial charge in [0.05, 0.1) is 17.5 Å². The molecule has 0 radical (unpaired) electrons. The number of amides is 2. The van der Waals surface area contributed by atoms with Crippen molar-refractivity contribution < 1.29 is 31.2 Å². The van der Waals surface area contributed by atoms with Crippen LogP contribution in [0.5, 0.6) is 0 Å². The molecule has 0 spiro atoms. The van der Waals surface area contributed by atoms with Gasteiger partial charge >= 0.3 is 6.18 Å². The second kappa shape index (κ2) is 12.2. The van der Waals surface area contributed by atoms with Crippen LogP contribution < -0.4 is 9.62 Å². The Balaban J connectivity index is 2.49. The zero-order chi connectivity index (χ0) is 27.1. The number of sulfonamides is 1. The van der Waals surface area contributed by atoms with Crippen molar-refractivity contribution in [1.82, 2.24) is 10.2 Å². The smallest absolute Gasteiger partial charge is 0.354 e. The topological polar surface area (TPSA) is 86.8 Å². The lowest BCUT2D eigenvalue weighted by atomic mass is 10.1. The van der Waals surface area contributed by atoms with Crippen LogP contribution in [0.1, 0.15) is 43.4 Å². The number of hydrogen-bond acceptors (Lipinski definition) is 4. The second-order valence-corrected chi connectivity index (χ2v) is 10.4. The van der Waals surface area contributed by atoms with Crippen LogP contribution >= 0.6 is 0 Å². The Hall–Kier alpha value is -3.08. The second-order valence-electron chi connectivity index (χ2n) is 8.48. The Kier molecular flexibility index (Phi) is 9.92. The van der Waals surface area contributed by atoms with Crippen molar-refractivity contribution in [1.29, 1.82) is 0 Å². The normalized spacial score (nSPS) is 12.6. The van der Waals surface area contributed by atoms with E-state index in [0.29, 0.717) is 23.3 Å². The number of benzene rings is 2. The summed E-state index contributed by atoms with van der Waals surface area (Å²) < 4.78 is 65.5. The monoisotopic (exact) mass is 527 g/mol. The zero-order valence-corrected chi connectivity index (χ0v) is 21.6. The molecule has 2 aromatic rings. The van der Waals surface area contributed by atoms with Crippen LogP contribution in [0.25, 0.3) is 0 Å². The van der Waals surface area contributed by atoms with Crippen LogP contribution in [0, 0.1) is 6.92 Å². The number of nitrogens with zero attached hydrogens (tertiary/aromatic N) is 2. The number of carbonyl (C=O) groups excluding carboxylic acids is 2. The highest BCUT2D eigenvalue weighted by molar-refractivity contribution is 7.92. The van der Waals surface area contributed by atoms with Gasteiger partial charge in [-0.1, -0.05) is 44.2 Å². The molecule has 198 valence electrons. The van der Waals surface area contributed by atoms with Crippen molar-refractivity contribution >= 4 is 27.5 Å². The van der Waals surface area contributed by atoms with Gasteiger partial charge in [-0.3, -0.25) is 13.9 Å². The number of alkyl halides is 3. The van der Waals surface area contributed by atoms with E-state index >= 15 is 0 Å². The lowest BCUT2D eigenvalue weighted by Gasteiger charge is -2.33. The molecule has 0 heterocycles. The maximum Gasteiger partial charge on any atom is 0.416 e. The minimum atomic E-state index is -4.69. The van der Waals surface area contributed by atoms with Gasteiger partial charge in [-0.05, 0) is 49.1 Å². The minimum absolute atomic E-state index is 0.0315. The standard InChI is InChI=1S/C25H32F3N3O4S/c1-5-14-29-24(33)22(6-2)30(16-19-11-8-7-10-18(19)3)23(32)17-31(36(4,34)35)21-13-9-12-20(15-21)25(26,27)28/h7-13,15,22H,5-6,14,16-17H2,1-4H3,(H,29,33). The predicted octanol–water partition coefficient (Wildman–Crippen LogP) is 4.11. The first-order valence-corrected chi connectivity index (χ1v) is 13.4. The average Bonchev–Trinajstić information content (AvgIpc) is 2.80. The minimum Gasteiger partial charge on any atom is -0.354 e. The molecule has 0 aliphatic heterocycles. The van der Waals surface area contributed by atoms with Crippen molar-refractivity contribution in [2.45, 2.75) is 52.4 Å². The molecular weight excluding hydrogens is 495 g/mol. The van der Waals surface area contributed by atoms with Gasteiger partial charge in [0.25, 0.3) is 0 Å². The van der Waals surface area contributed by atoms with Gasteiger partial charge < -0.3 is 10.2 Å². The maximum atomic E-state index is 13.6. The molecule has 0 saturated heterocycles. The van der Waals surface area contributed by atoms with Crippen molar-refractivity contribution in [2.75, 3.05) is 23.7 Å². The molecule has 7 nitrogen and oxygen atoms in total. The molecule has 0 saturated carbocycles. The van der Waals surface area contributed by atoms with Crippen LogP contribution in [0.2, 0.25) is 0 Å². The maximum absolute atomic E-state index is 13.6. The Labute approximate surface area is 210 Å². The lowest BCUT2D eigenvalue weighted by molar-refractivity contribution is -0.140. The first-order chi connectivity index (χ1) is 16.8. The number of aryl methyl sites for hydroxylation is 1. The summed E-state index contributed by atoms with van der Waals surface area (Å²) in [4.78, 5) is 27.8. The molecule has 11 heteroatoms. The molecule has 0 aliphatic rings. The van der Waals surface area contributed by atoms with E-state index in [2.05, 4.69) is 5.32 Å². The van der Waals surface area contributed by atoms with Crippen LogP contribution in [0.3, 0.4) is 0 Å². The highest BCUT2D eigenvalue weighted by Crippen LogP contribution is 2.32. The molecular formula is C25H32F3N3O4S. The Morgan fingerprint density at radius 3 is 2.28 bits per heavy atom.